The molecule has 2 aromatic heterocycles. The summed E-state index contributed by atoms with van der Waals surface area (Å²) in [7, 11) is 0. The molecule has 9 rings (SSSR count). The van der Waals surface area contributed by atoms with Crippen LogP contribution in [-0.2, 0) is 0 Å². The molecule has 48 heavy (non-hydrogen) atoms. The van der Waals surface area contributed by atoms with E-state index in [9.17, 15) is 0 Å². The van der Waals surface area contributed by atoms with E-state index in [-0.39, 0.29) is 0 Å². The van der Waals surface area contributed by atoms with Crippen molar-refractivity contribution >= 4 is 32.4 Å². The smallest absolute Gasteiger partial charge is 0.182 e. The van der Waals surface area contributed by atoms with Gasteiger partial charge in [0.1, 0.15) is 5.69 Å². The monoisotopic (exact) mass is 612 g/mol. The maximum Gasteiger partial charge on any atom is 0.182 e. The minimum Gasteiger partial charge on any atom is -0.244 e. The van der Waals surface area contributed by atoms with Crippen molar-refractivity contribution in [3.63, 3.8) is 0 Å². The van der Waals surface area contributed by atoms with Gasteiger partial charge in [0.25, 0.3) is 0 Å². The second-order valence-electron chi connectivity index (χ2n) is 11.9. The quantitative estimate of drug-likeness (QED) is 0.181. The van der Waals surface area contributed by atoms with Crippen molar-refractivity contribution < 1.29 is 0 Å². The molecule has 4 nitrogen and oxygen atoms in total. The van der Waals surface area contributed by atoms with Crippen molar-refractivity contribution in [2.45, 2.75) is 0 Å². The highest BCUT2D eigenvalue weighted by molar-refractivity contribution is 6.16. The van der Waals surface area contributed by atoms with Crippen LogP contribution in [0.4, 0.5) is 0 Å². The summed E-state index contributed by atoms with van der Waals surface area (Å²) in [6.45, 7) is 0. The topological polar surface area (TPSA) is 51.6 Å². The Morgan fingerprint density at radius 3 is 1.33 bits per heavy atom. The van der Waals surface area contributed by atoms with Gasteiger partial charge in [-0.05, 0) is 44.5 Å². The van der Waals surface area contributed by atoms with Gasteiger partial charge in [-0.3, -0.25) is 0 Å². The van der Waals surface area contributed by atoms with Crippen LogP contribution < -0.4 is 0 Å². The lowest BCUT2D eigenvalue weighted by atomic mass is 9.99. The molecule has 9 aromatic rings. The van der Waals surface area contributed by atoms with Crippen LogP contribution in [0.2, 0.25) is 0 Å². The SMILES string of the molecule is c1ccc(-c2ccc(-c3nc(-c4ccc(-c5ccccc5)cc4)nc(-c4ccc5ccc6c7ccccc7ccc6c5n4)n3)cc2)cc1. The summed E-state index contributed by atoms with van der Waals surface area (Å²) in [5.41, 5.74) is 8.08. The van der Waals surface area contributed by atoms with Gasteiger partial charge in [-0.1, -0.05) is 164 Å². The molecule has 0 aliphatic heterocycles. The van der Waals surface area contributed by atoms with Gasteiger partial charge in [-0.15, -0.1) is 0 Å². The number of hydrogen-bond donors (Lipinski definition) is 0. The third kappa shape index (κ3) is 5.06. The maximum absolute atomic E-state index is 5.20. The van der Waals surface area contributed by atoms with Crippen molar-refractivity contribution in [3.05, 3.63) is 170 Å². The molecule has 0 saturated carbocycles. The van der Waals surface area contributed by atoms with E-state index in [1.165, 1.54) is 27.3 Å². The molecule has 0 bridgehead atoms. The number of pyridine rings is 1. The first-order valence-electron chi connectivity index (χ1n) is 16.1. The van der Waals surface area contributed by atoms with Crippen molar-refractivity contribution in [2.75, 3.05) is 0 Å². The molecule has 224 valence electrons. The zero-order chi connectivity index (χ0) is 31.9. The summed E-state index contributed by atoms with van der Waals surface area (Å²) < 4.78 is 0. The number of hydrogen-bond acceptors (Lipinski definition) is 4. The third-order valence-electron chi connectivity index (χ3n) is 8.95. The summed E-state index contributed by atoms with van der Waals surface area (Å²) in [4.78, 5) is 20.2. The Kier molecular flexibility index (Phi) is 6.76. The normalized spacial score (nSPS) is 11.3. The van der Waals surface area contributed by atoms with Crippen molar-refractivity contribution in [2.24, 2.45) is 0 Å². The average molecular weight is 613 g/mol. The van der Waals surface area contributed by atoms with Gasteiger partial charge in [0.05, 0.1) is 5.52 Å². The Labute approximate surface area is 278 Å². The first kappa shape index (κ1) is 27.8. The number of rotatable bonds is 5. The van der Waals surface area contributed by atoms with Crippen molar-refractivity contribution in [3.8, 4) is 56.5 Å². The van der Waals surface area contributed by atoms with Crippen LogP contribution in [0.25, 0.3) is 89.0 Å². The van der Waals surface area contributed by atoms with Crippen LogP contribution in [0.1, 0.15) is 0 Å². The molecule has 0 atom stereocenters. The van der Waals surface area contributed by atoms with Gasteiger partial charge in [0.15, 0.2) is 17.5 Å². The molecule has 2 heterocycles. The van der Waals surface area contributed by atoms with Crippen LogP contribution in [0, 0.1) is 0 Å². The molecule has 0 amide bonds. The molecule has 7 aromatic carbocycles. The van der Waals surface area contributed by atoms with Gasteiger partial charge >= 0.3 is 0 Å². The molecular formula is C44H28N4. The first-order chi connectivity index (χ1) is 23.8. The average Bonchev–Trinajstić information content (AvgIpc) is 3.18. The molecule has 4 heteroatoms. The summed E-state index contributed by atoms with van der Waals surface area (Å²) in [5, 5.41) is 5.79. The van der Waals surface area contributed by atoms with E-state index in [1.807, 2.05) is 18.2 Å². The van der Waals surface area contributed by atoms with E-state index in [0.717, 1.165) is 38.5 Å². The molecule has 0 saturated heterocycles. The molecule has 0 aliphatic carbocycles. The van der Waals surface area contributed by atoms with Crippen LogP contribution in [-0.4, -0.2) is 19.9 Å². The lowest BCUT2D eigenvalue weighted by molar-refractivity contribution is 1.06. The summed E-state index contributed by atoms with van der Waals surface area (Å²) in [6, 6.07) is 58.8. The lowest BCUT2D eigenvalue weighted by Gasteiger charge is -2.11. The summed E-state index contributed by atoms with van der Waals surface area (Å²) in [5.74, 6) is 1.74. The van der Waals surface area contributed by atoms with E-state index in [2.05, 4.69) is 152 Å². The maximum atomic E-state index is 5.20. The van der Waals surface area contributed by atoms with Crippen LogP contribution in [0.15, 0.2) is 170 Å². The second kappa shape index (κ2) is 11.7. The van der Waals surface area contributed by atoms with Crippen LogP contribution in [0.3, 0.4) is 0 Å². The number of benzene rings is 7. The molecule has 0 unspecified atom stereocenters. The molecule has 0 radical (unpaired) electrons. The van der Waals surface area contributed by atoms with E-state index >= 15 is 0 Å². The zero-order valence-electron chi connectivity index (χ0n) is 26.0. The Balaban J connectivity index is 1.19. The molecule has 0 spiro atoms. The Bertz CT molecular complexity index is 2480. The van der Waals surface area contributed by atoms with E-state index in [0.29, 0.717) is 23.2 Å². The van der Waals surface area contributed by atoms with E-state index in [4.69, 9.17) is 19.9 Å². The third-order valence-corrected chi connectivity index (χ3v) is 8.95. The van der Waals surface area contributed by atoms with Crippen LogP contribution >= 0.6 is 0 Å². The minimum atomic E-state index is 0.536. The minimum absolute atomic E-state index is 0.536. The largest absolute Gasteiger partial charge is 0.244 e. The van der Waals surface area contributed by atoms with Gasteiger partial charge < -0.3 is 0 Å². The van der Waals surface area contributed by atoms with Crippen LogP contribution in [0.5, 0.6) is 0 Å². The standard InChI is InChI=1S/C44H28N4/c1-3-9-29(10-4-1)31-15-19-35(20-16-31)42-46-43(36-21-17-32(18-22-36)30-11-5-2-6-12-30)48-44(47-42)40-28-25-34-24-26-38-37-14-8-7-13-33(37)23-27-39(38)41(34)45-40/h1-28H. The number of aromatic nitrogens is 4. The highest BCUT2D eigenvalue weighted by Gasteiger charge is 2.15. The second-order valence-corrected chi connectivity index (χ2v) is 11.9. The highest BCUT2D eigenvalue weighted by Crippen LogP contribution is 2.33. The molecule has 0 aliphatic rings. The highest BCUT2D eigenvalue weighted by atomic mass is 15.0. The Hall–Kier alpha value is -6.52. The summed E-state index contributed by atoms with van der Waals surface area (Å²) in [6.07, 6.45) is 0. The Morgan fingerprint density at radius 2 is 0.708 bits per heavy atom. The predicted octanol–water partition coefficient (Wildman–Crippen LogP) is 11.1. The van der Waals surface area contributed by atoms with Crippen molar-refractivity contribution in [1.82, 2.24) is 19.9 Å². The first-order valence-corrected chi connectivity index (χ1v) is 16.1. The van der Waals surface area contributed by atoms with Gasteiger partial charge in [-0.2, -0.15) is 0 Å². The zero-order valence-corrected chi connectivity index (χ0v) is 26.0. The number of nitrogens with zero attached hydrogens (tertiary/aromatic N) is 4. The Morgan fingerprint density at radius 1 is 0.250 bits per heavy atom. The van der Waals surface area contributed by atoms with Gasteiger partial charge in [0, 0.05) is 21.9 Å². The fraction of sp³-hybridized carbons (Fsp3) is 0. The van der Waals surface area contributed by atoms with Gasteiger partial charge in [0.2, 0.25) is 0 Å². The lowest BCUT2D eigenvalue weighted by Crippen LogP contribution is -2.01. The predicted molar refractivity (Wildman–Crippen MR) is 197 cm³/mol. The fourth-order valence-corrected chi connectivity index (χ4v) is 6.43. The molecular weight excluding hydrogens is 585 g/mol. The molecule has 0 N–H and O–H groups in total. The fourth-order valence-electron chi connectivity index (χ4n) is 6.43. The van der Waals surface area contributed by atoms with Crippen molar-refractivity contribution in [1.29, 1.82) is 0 Å². The van der Waals surface area contributed by atoms with E-state index in [1.54, 1.807) is 0 Å². The van der Waals surface area contributed by atoms with Gasteiger partial charge in [-0.25, -0.2) is 19.9 Å². The molecule has 0 fully saturated rings. The number of fused-ring (bicyclic) bond motifs is 5. The van der Waals surface area contributed by atoms with E-state index < -0.39 is 0 Å². The summed E-state index contributed by atoms with van der Waals surface area (Å²) >= 11 is 0.